The summed E-state index contributed by atoms with van der Waals surface area (Å²) in [7, 11) is 0. The zero-order valence-corrected chi connectivity index (χ0v) is 62.7. The number of fused-ring (bicyclic) bond motifs is 3. The fourth-order valence-electron chi connectivity index (χ4n) is 12.3. The van der Waals surface area contributed by atoms with Gasteiger partial charge in [0.2, 0.25) is 29.5 Å². The van der Waals surface area contributed by atoms with E-state index in [4.69, 9.17) is 42.3 Å². The summed E-state index contributed by atoms with van der Waals surface area (Å²) in [5, 5.41) is 51.4. The van der Waals surface area contributed by atoms with Gasteiger partial charge in [-0.3, -0.25) is 28.8 Å². The topological polar surface area (TPSA) is 383 Å². The largest absolute Gasteiger partial charge is 0.480 e. The van der Waals surface area contributed by atoms with E-state index < -0.39 is 77.4 Å². The van der Waals surface area contributed by atoms with Crippen LogP contribution in [0.5, 0.6) is 0 Å². The third kappa shape index (κ3) is 26.4. The first-order chi connectivity index (χ1) is 49.7. The summed E-state index contributed by atoms with van der Waals surface area (Å²) in [5.74, 6) is -3.22. The number of nitrogens with one attached hydrogen (secondary N) is 10. The maximum atomic E-state index is 13.3. The van der Waals surface area contributed by atoms with Gasteiger partial charge in [0.1, 0.15) is 41.4 Å². The monoisotopic (exact) mass is 1440 g/mol. The standard InChI is InChI=1S/C29H38N4O4.C24H30N4O2.C19H26N2O5.C10H14N2/c1-6-24(30)20-13-11-19(12-14-20)17-31-26(34)18(2)32-27(35)25(33-28(36)37-29(3,4)5)23-15-21-9-7-8-10-22(21)16-23;1-3-21(25)17-10-8-16(9-11-17)14-27-23(29)15(2)28-24(30)22(26)20-12-18-6-4-5-7-19(18)13-20;1-11(17(23)24)20-16(22)15(21-18(25)26-19(2,3)4)14-9-12-7-5-6-8-13(12)10-14;1-2-10(12)9-5-3-8(7-11)4-6-9/h7-14,18,23,25,30H,6,15-17H2,1-5H3,(H,31,34)(H,32,35)(H,33,36);4-11,15,20,22,25H,3,12-14,26H2,1-2H3,(H,27,29)(H,28,30);5-8,11,14-15H,9-10H2,1-4H3,(H,20,22)(H,21,25)(H,23,24);3-6,12H,2,7,11H2,1H3/t18-,25+;15-,22+;11-,15+;/m000./s1. The number of carboxylic acid groups (broad SMARTS) is 1. The zero-order chi connectivity index (χ0) is 77.3. The minimum absolute atomic E-state index is 0.0537. The van der Waals surface area contributed by atoms with E-state index in [1.54, 1.807) is 55.4 Å². The van der Waals surface area contributed by atoms with Crippen LogP contribution in [-0.4, -0.2) is 117 Å². The molecule has 0 aliphatic heterocycles. The van der Waals surface area contributed by atoms with E-state index >= 15 is 0 Å². The van der Waals surface area contributed by atoms with Crippen molar-refractivity contribution in [3.8, 4) is 0 Å². The van der Waals surface area contributed by atoms with Gasteiger partial charge in [0.25, 0.3) is 0 Å². The number of carbonyl (C=O) groups excluding carboxylic acids is 7. The van der Waals surface area contributed by atoms with Crippen LogP contribution < -0.4 is 48.7 Å². The molecule has 3 aliphatic rings. The maximum Gasteiger partial charge on any atom is 0.408 e. The van der Waals surface area contributed by atoms with Crippen LogP contribution in [0.4, 0.5) is 9.59 Å². The Balaban J connectivity index is 0.000000231. The summed E-state index contributed by atoms with van der Waals surface area (Å²) >= 11 is 0. The Morgan fingerprint density at radius 3 is 0.971 bits per heavy atom. The lowest BCUT2D eigenvalue weighted by Crippen LogP contribution is -2.56. The van der Waals surface area contributed by atoms with E-state index in [-0.39, 0.29) is 35.5 Å². The van der Waals surface area contributed by atoms with Crippen LogP contribution in [0.3, 0.4) is 0 Å². The number of carbonyl (C=O) groups is 8. The Kier molecular flexibility index (Phi) is 31.4. The molecule has 23 heteroatoms. The minimum atomic E-state index is -1.14. The van der Waals surface area contributed by atoms with E-state index in [1.807, 2.05) is 154 Å². The SMILES string of the molecule is CCC(=N)c1ccc(CN)cc1.CCC(=N)c1ccc(CNC(=O)[C@H](C)NC(=O)[C@H](N)C2Cc3ccccc3C2)cc1.CCC(=N)c1ccc(CNC(=O)[C@H](C)NC(=O)[C@H](NC(=O)OC(C)(C)C)C2Cc3ccccc3C2)cc1.C[C@H](NC(=O)[C@H](NC(=O)OC(C)(C)C)C1Cc2ccccc2C1)C(=O)O. The molecule has 0 saturated carbocycles. The van der Waals surface area contributed by atoms with Crippen LogP contribution in [0.1, 0.15) is 169 Å². The summed E-state index contributed by atoms with van der Waals surface area (Å²) in [6.45, 7) is 22.3. The van der Waals surface area contributed by atoms with Gasteiger partial charge in [-0.05, 0) is 205 Å². The van der Waals surface area contributed by atoms with Crippen molar-refractivity contribution in [2.75, 3.05) is 0 Å². The van der Waals surface area contributed by atoms with Crippen molar-refractivity contribution < 1.29 is 52.9 Å². The molecule has 0 saturated heterocycles. The molecule has 3 aliphatic carbocycles. The van der Waals surface area contributed by atoms with Crippen LogP contribution in [-0.2, 0) is 96.4 Å². The van der Waals surface area contributed by atoms with Gasteiger partial charge in [-0.2, -0.15) is 0 Å². The first-order valence-electron chi connectivity index (χ1n) is 36.0. The molecule has 0 spiro atoms. The Morgan fingerprint density at radius 2 is 0.695 bits per heavy atom. The fourth-order valence-corrected chi connectivity index (χ4v) is 12.3. The quantitative estimate of drug-likeness (QED) is 0.0238. The smallest absolute Gasteiger partial charge is 0.408 e. The minimum Gasteiger partial charge on any atom is -0.480 e. The lowest BCUT2D eigenvalue weighted by atomic mass is 9.95. The number of benzene rings is 6. The number of hydrogen-bond donors (Lipinski definition) is 13. The van der Waals surface area contributed by atoms with Gasteiger partial charge >= 0.3 is 18.2 Å². The number of amides is 7. The lowest BCUT2D eigenvalue weighted by Gasteiger charge is -2.27. The molecule has 6 aromatic carbocycles. The molecule has 0 heterocycles. The Morgan fingerprint density at radius 1 is 0.419 bits per heavy atom. The Labute approximate surface area is 617 Å². The van der Waals surface area contributed by atoms with Crippen molar-refractivity contribution >= 4 is 64.8 Å². The number of rotatable bonds is 25. The summed E-state index contributed by atoms with van der Waals surface area (Å²) < 4.78 is 10.7. The highest BCUT2D eigenvalue weighted by Crippen LogP contribution is 2.32. The van der Waals surface area contributed by atoms with Crippen molar-refractivity contribution in [2.45, 2.75) is 208 Å². The number of carboxylic acids is 1. The van der Waals surface area contributed by atoms with Crippen molar-refractivity contribution in [3.63, 3.8) is 0 Å². The molecule has 15 N–H and O–H groups in total. The second-order valence-electron chi connectivity index (χ2n) is 28.8. The van der Waals surface area contributed by atoms with Crippen LogP contribution >= 0.6 is 0 Å². The molecule has 0 bridgehead atoms. The molecule has 6 aromatic rings. The van der Waals surface area contributed by atoms with E-state index in [0.717, 1.165) is 74.9 Å². The number of aliphatic carboxylic acids is 1. The molecular formula is C82H108N12O11. The van der Waals surface area contributed by atoms with Crippen molar-refractivity contribution in [1.29, 1.82) is 16.2 Å². The molecule has 0 fully saturated rings. The molecule has 562 valence electrons. The Hall–Kier alpha value is -10.4. The van der Waals surface area contributed by atoms with Crippen molar-refractivity contribution in [1.82, 2.24) is 37.2 Å². The van der Waals surface area contributed by atoms with Crippen LogP contribution in [0.15, 0.2) is 146 Å². The lowest BCUT2D eigenvalue weighted by molar-refractivity contribution is -0.141. The molecule has 7 amide bonds. The molecule has 6 atom stereocenters. The van der Waals surface area contributed by atoms with Gasteiger partial charge in [0.05, 0.1) is 6.04 Å². The average Bonchev–Trinajstić information content (AvgIpc) is 1.68. The van der Waals surface area contributed by atoms with E-state index in [0.29, 0.717) is 75.3 Å². The first-order valence-corrected chi connectivity index (χ1v) is 36.0. The highest BCUT2D eigenvalue weighted by atomic mass is 16.6. The van der Waals surface area contributed by atoms with Crippen LogP contribution in [0.25, 0.3) is 0 Å². The van der Waals surface area contributed by atoms with Gasteiger partial charge < -0.3 is 79.5 Å². The highest BCUT2D eigenvalue weighted by molar-refractivity contribution is 5.99. The normalized spacial score (nSPS) is 14.7. The predicted octanol–water partition coefficient (Wildman–Crippen LogP) is 10.0. The number of alkyl carbamates (subject to hydrolysis) is 2. The average molecular weight is 1440 g/mol. The molecule has 23 nitrogen and oxygen atoms in total. The van der Waals surface area contributed by atoms with Crippen molar-refractivity contribution in [3.05, 3.63) is 212 Å². The predicted molar refractivity (Wildman–Crippen MR) is 409 cm³/mol. The molecule has 105 heavy (non-hydrogen) atoms. The molecular weight excluding hydrogens is 1330 g/mol. The van der Waals surface area contributed by atoms with Gasteiger partial charge in [-0.15, -0.1) is 0 Å². The van der Waals surface area contributed by atoms with E-state index in [1.165, 1.54) is 18.1 Å². The van der Waals surface area contributed by atoms with Gasteiger partial charge in [0, 0.05) is 36.8 Å². The van der Waals surface area contributed by atoms with Gasteiger partial charge in [-0.1, -0.05) is 166 Å². The summed E-state index contributed by atoms with van der Waals surface area (Å²) in [6.07, 6.45) is 4.89. The number of hydrogen-bond acceptors (Lipinski definition) is 15. The van der Waals surface area contributed by atoms with E-state index in [9.17, 15) is 38.4 Å². The second kappa shape index (κ2) is 39.5. The maximum absolute atomic E-state index is 13.3. The van der Waals surface area contributed by atoms with Gasteiger partial charge in [0.15, 0.2) is 0 Å². The molecule has 0 radical (unpaired) electrons. The van der Waals surface area contributed by atoms with Crippen molar-refractivity contribution in [2.24, 2.45) is 29.2 Å². The van der Waals surface area contributed by atoms with Crippen LogP contribution in [0, 0.1) is 34.0 Å². The third-order valence-corrected chi connectivity index (χ3v) is 18.3. The summed E-state index contributed by atoms with van der Waals surface area (Å²) in [5.41, 5.74) is 24.8. The zero-order valence-electron chi connectivity index (χ0n) is 62.7. The first kappa shape index (κ1) is 83.6. The third-order valence-electron chi connectivity index (χ3n) is 18.3. The summed E-state index contributed by atoms with van der Waals surface area (Å²) in [4.78, 5) is 99.5. The molecule has 0 unspecified atom stereocenters. The molecule has 9 rings (SSSR count). The molecule has 0 aromatic heterocycles. The van der Waals surface area contributed by atoms with E-state index in [2.05, 4.69) is 49.4 Å². The van der Waals surface area contributed by atoms with Crippen LogP contribution in [0.2, 0.25) is 0 Å². The second-order valence-corrected chi connectivity index (χ2v) is 28.8. The summed E-state index contributed by atoms with van der Waals surface area (Å²) in [6, 6.07) is 42.0. The highest BCUT2D eigenvalue weighted by Gasteiger charge is 2.39. The Bertz CT molecular complexity index is 3920. The number of nitrogens with two attached hydrogens (primary N) is 2. The number of ether oxygens (including phenoxy) is 2. The fraction of sp³-hybridized carbons (Fsp3) is 0.427. The van der Waals surface area contributed by atoms with Gasteiger partial charge in [-0.25, -0.2) is 9.59 Å².